The molecule has 1 atom stereocenters. The lowest BCUT2D eigenvalue weighted by atomic mass is 10.1. The van der Waals surface area contributed by atoms with E-state index < -0.39 is 6.10 Å². The first-order valence-electron chi connectivity index (χ1n) is 6.59. The average molecular weight is 276 g/mol. The van der Waals surface area contributed by atoms with Gasteiger partial charge >= 0.3 is 0 Å². The number of ether oxygens (including phenoxy) is 2. The Bertz CT molecular complexity index is 552. The highest BCUT2D eigenvalue weighted by atomic mass is 16.5. The fraction of sp³-hybridized carbons (Fsp3) is 0.400. The minimum atomic E-state index is -0.701. The molecule has 0 saturated heterocycles. The van der Waals surface area contributed by atoms with Gasteiger partial charge in [0.15, 0.2) is 5.75 Å². The van der Waals surface area contributed by atoms with Crippen LogP contribution in [-0.4, -0.2) is 28.6 Å². The molecule has 1 N–H and O–H groups in total. The minimum Gasteiger partial charge on any atom is -0.497 e. The van der Waals surface area contributed by atoms with E-state index in [1.165, 1.54) is 0 Å². The standard InChI is InChI=1S/C15H20N2O3/c1-11(2)17-9-14(8-16-17)20-10-15(18)12-5-4-6-13(7-12)19-3/h4-9,11,15,18H,10H2,1-3H3. The van der Waals surface area contributed by atoms with Gasteiger partial charge in [0.05, 0.1) is 19.5 Å². The molecule has 2 aromatic rings. The van der Waals surface area contributed by atoms with Crippen molar-refractivity contribution in [3.63, 3.8) is 0 Å². The summed E-state index contributed by atoms with van der Waals surface area (Å²) < 4.78 is 12.5. The van der Waals surface area contributed by atoms with Crippen molar-refractivity contribution in [2.45, 2.75) is 26.0 Å². The summed E-state index contributed by atoms with van der Waals surface area (Å²) in [4.78, 5) is 0. The Labute approximate surface area is 118 Å². The first-order valence-corrected chi connectivity index (χ1v) is 6.59. The van der Waals surface area contributed by atoms with Crippen LogP contribution < -0.4 is 9.47 Å². The van der Waals surface area contributed by atoms with E-state index in [0.717, 1.165) is 5.56 Å². The highest BCUT2D eigenvalue weighted by molar-refractivity contribution is 5.30. The van der Waals surface area contributed by atoms with Gasteiger partial charge in [-0.25, -0.2) is 0 Å². The molecule has 0 fully saturated rings. The van der Waals surface area contributed by atoms with Crippen LogP contribution in [0.1, 0.15) is 31.6 Å². The number of nitrogens with zero attached hydrogens (tertiary/aromatic N) is 2. The predicted molar refractivity (Wildman–Crippen MR) is 76.1 cm³/mol. The normalized spacial score (nSPS) is 12.4. The molecule has 1 aromatic heterocycles. The Balaban J connectivity index is 1.95. The minimum absolute atomic E-state index is 0.178. The molecule has 0 bridgehead atoms. The van der Waals surface area contributed by atoms with E-state index in [1.807, 2.05) is 42.9 Å². The second kappa shape index (κ2) is 6.43. The molecule has 2 rings (SSSR count). The zero-order valence-electron chi connectivity index (χ0n) is 12.0. The number of aromatic nitrogens is 2. The van der Waals surface area contributed by atoms with Crippen LogP contribution in [-0.2, 0) is 0 Å². The smallest absolute Gasteiger partial charge is 0.157 e. The molecule has 108 valence electrons. The van der Waals surface area contributed by atoms with Crippen LogP contribution in [0.5, 0.6) is 11.5 Å². The molecule has 20 heavy (non-hydrogen) atoms. The van der Waals surface area contributed by atoms with Crippen molar-refractivity contribution < 1.29 is 14.6 Å². The lowest BCUT2D eigenvalue weighted by molar-refractivity contribution is 0.108. The summed E-state index contributed by atoms with van der Waals surface area (Å²) in [6, 6.07) is 7.60. The Morgan fingerprint density at radius 2 is 2.10 bits per heavy atom. The second-order valence-electron chi connectivity index (χ2n) is 4.85. The zero-order valence-corrected chi connectivity index (χ0v) is 12.0. The first-order chi connectivity index (χ1) is 9.60. The van der Waals surface area contributed by atoms with Crippen molar-refractivity contribution in [1.82, 2.24) is 9.78 Å². The van der Waals surface area contributed by atoms with Crippen molar-refractivity contribution in [2.75, 3.05) is 13.7 Å². The van der Waals surface area contributed by atoms with Crippen molar-refractivity contribution in [3.8, 4) is 11.5 Å². The quantitative estimate of drug-likeness (QED) is 0.881. The lowest BCUT2D eigenvalue weighted by Crippen LogP contribution is -2.09. The van der Waals surface area contributed by atoms with Crippen LogP contribution in [0.25, 0.3) is 0 Å². The summed E-state index contributed by atoms with van der Waals surface area (Å²) in [5, 5.41) is 14.3. The van der Waals surface area contributed by atoms with Gasteiger partial charge in [0, 0.05) is 6.04 Å². The molecule has 0 aliphatic rings. The molecule has 1 aromatic carbocycles. The van der Waals surface area contributed by atoms with Crippen molar-refractivity contribution in [1.29, 1.82) is 0 Å². The summed E-state index contributed by atoms with van der Waals surface area (Å²) in [6.45, 7) is 4.26. The monoisotopic (exact) mass is 276 g/mol. The number of hydrogen-bond acceptors (Lipinski definition) is 4. The van der Waals surface area contributed by atoms with E-state index >= 15 is 0 Å². The van der Waals surface area contributed by atoms with Gasteiger partial charge in [-0.3, -0.25) is 4.68 Å². The Hall–Kier alpha value is -2.01. The summed E-state index contributed by atoms with van der Waals surface area (Å²) in [6.07, 6.45) is 2.77. The van der Waals surface area contributed by atoms with Gasteiger partial charge in [0.2, 0.25) is 0 Å². The highest BCUT2D eigenvalue weighted by Gasteiger charge is 2.10. The molecule has 1 unspecified atom stereocenters. The topological polar surface area (TPSA) is 56.5 Å². The number of benzene rings is 1. The number of rotatable bonds is 6. The maximum absolute atomic E-state index is 10.1. The highest BCUT2D eigenvalue weighted by Crippen LogP contribution is 2.20. The largest absolute Gasteiger partial charge is 0.497 e. The molecule has 0 radical (unpaired) electrons. The maximum Gasteiger partial charge on any atom is 0.157 e. The van der Waals surface area contributed by atoms with Crippen LogP contribution in [0.15, 0.2) is 36.7 Å². The predicted octanol–water partition coefficient (Wildman–Crippen LogP) is 2.59. The zero-order chi connectivity index (χ0) is 14.5. The van der Waals surface area contributed by atoms with Crippen LogP contribution in [0.3, 0.4) is 0 Å². The summed E-state index contributed by atoms with van der Waals surface area (Å²) in [5.41, 5.74) is 0.764. The molecular formula is C15H20N2O3. The van der Waals surface area contributed by atoms with Crippen LogP contribution >= 0.6 is 0 Å². The van der Waals surface area contributed by atoms with Crippen LogP contribution in [0, 0.1) is 0 Å². The van der Waals surface area contributed by atoms with Gasteiger partial charge in [-0.2, -0.15) is 5.10 Å². The van der Waals surface area contributed by atoms with Gasteiger partial charge in [0.25, 0.3) is 0 Å². The van der Waals surface area contributed by atoms with Gasteiger partial charge in [-0.1, -0.05) is 12.1 Å². The van der Waals surface area contributed by atoms with E-state index in [4.69, 9.17) is 9.47 Å². The van der Waals surface area contributed by atoms with Gasteiger partial charge < -0.3 is 14.6 Å². The van der Waals surface area contributed by atoms with Gasteiger partial charge in [-0.05, 0) is 31.5 Å². The van der Waals surface area contributed by atoms with Gasteiger partial charge in [-0.15, -0.1) is 0 Å². The molecule has 0 aliphatic carbocycles. The Morgan fingerprint density at radius 3 is 2.75 bits per heavy atom. The molecule has 0 saturated carbocycles. The molecule has 1 heterocycles. The van der Waals surface area contributed by atoms with E-state index in [-0.39, 0.29) is 12.6 Å². The molecule has 0 aliphatic heterocycles. The van der Waals surface area contributed by atoms with Crippen molar-refractivity contribution in [2.24, 2.45) is 0 Å². The van der Waals surface area contributed by atoms with Crippen LogP contribution in [0.2, 0.25) is 0 Å². The van der Waals surface area contributed by atoms with Crippen molar-refractivity contribution in [3.05, 3.63) is 42.2 Å². The average Bonchev–Trinajstić information content (AvgIpc) is 2.94. The second-order valence-corrected chi connectivity index (χ2v) is 4.85. The fourth-order valence-electron chi connectivity index (χ4n) is 1.80. The summed E-state index contributed by atoms with van der Waals surface area (Å²) in [7, 11) is 1.60. The Morgan fingerprint density at radius 1 is 1.30 bits per heavy atom. The molecule has 0 amide bonds. The molecule has 0 spiro atoms. The van der Waals surface area contributed by atoms with Crippen LogP contribution in [0.4, 0.5) is 0 Å². The maximum atomic E-state index is 10.1. The van der Waals surface area contributed by atoms with Crippen molar-refractivity contribution >= 4 is 0 Å². The summed E-state index contributed by atoms with van der Waals surface area (Å²) >= 11 is 0. The fourth-order valence-corrected chi connectivity index (χ4v) is 1.80. The third kappa shape index (κ3) is 3.51. The number of hydrogen-bond donors (Lipinski definition) is 1. The number of aliphatic hydroxyl groups is 1. The third-order valence-electron chi connectivity index (χ3n) is 2.99. The molecule has 5 nitrogen and oxygen atoms in total. The van der Waals surface area contributed by atoms with E-state index in [9.17, 15) is 5.11 Å². The Kier molecular flexibility index (Phi) is 4.63. The lowest BCUT2D eigenvalue weighted by Gasteiger charge is -2.12. The van der Waals surface area contributed by atoms with E-state index in [1.54, 1.807) is 19.4 Å². The first kappa shape index (κ1) is 14.4. The van der Waals surface area contributed by atoms with E-state index in [2.05, 4.69) is 5.10 Å². The number of aliphatic hydroxyl groups excluding tert-OH is 1. The SMILES string of the molecule is COc1cccc(C(O)COc2cnn(C(C)C)c2)c1. The third-order valence-corrected chi connectivity index (χ3v) is 2.99. The molecular weight excluding hydrogens is 256 g/mol. The molecule has 5 heteroatoms. The number of methoxy groups -OCH3 is 1. The van der Waals surface area contributed by atoms with Gasteiger partial charge in [0.1, 0.15) is 18.5 Å². The van der Waals surface area contributed by atoms with E-state index in [0.29, 0.717) is 11.5 Å². The summed E-state index contributed by atoms with van der Waals surface area (Å²) in [5.74, 6) is 1.37.